The molecule has 0 saturated heterocycles. The van der Waals surface area contributed by atoms with Crippen LogP contribution >= 0.6 is 0 Å². The van der Waals surface area contributed by atoms with Crippen LogP contribution in [0.2, 0.25) is 0 Å². The van der Waals surface area contributed by atoms with Gasteiger partial charge in [0, 0.05) is 30.6 Å². The molecule has 120 valence electrons. The van der Waals surface area contributed by atoms with Crippen LogP contribution in [0.15, 0.2) is 24.4 Å². The van der Waals surface area contributed by atoms with E-state index in [0.29, 0.717) is 6.54 Å². The van der Waals surface area contributed by atoms with Crippen molar-refractivity contribution in [2.75, 3.05) is 20.2 Å². The maximum Gasteiger partial charge on any atom is 0.300 e. The van der Waals surface area contributed by atoms with Crippen LogP contribution < -0.4 is 15.8 Å². The highest BCUT2D eigenvalue weighted by Gasteiger charge is 2.05. The van der Waals surface area contributed by atoms with Gasteiger partial charge in [-0.3, -0.25) is 9.59 Å². The number of nitrogens with two attached hydrogens (primary N) is 1. The van der Waals surface area contributed by atoms with Crippen LogP contribution in [-0.4, -0.2) is 42.2 Å². The molecule has 0 bridgehead atoms. The second-order valence-electron chi connectivity index (χ2n) is 4.55. The number of amides is 1. The lowest BCUT2D eigenvalue weighted by atomic mass is 10.1. The molecule has 0 aliphatic carbocycles. The summed E-state index contributed by atoms with van der Waals surface area (Å²) >= 11 is 0. The fourth-order valence-corrected chi connectivity index (χ4v) is 1.90. The lowest BCUT2D eigenvalue weighted by molar-refractivity contribution is -0.134. The van der Waals surface area contributed by atoms with Crippen molar-refractivity contribution in [1.82, 2.24) is 10.3 Å². The first-order chi connectivity index (χ1) is 10.5. The van der Waals surface area contributed by atoms with Gasteiger partial charge in [0.2, 0.25) is 5.91 Å². The van der Waals surface area contributed by atoms with E-state index in [9.17, 15) is 4.79 Å². The number of fused-ring (bicyclic) bond motifs is 1. The van der Waals surface area contributed by atoms with E-state index < -0.39 is 5.97 Å². The zero-order valence-corrected chi connectivity index (χ0v) is 12.7. The molecule has 5 N–H and O–H groups in total. The van der Waals surface area contributed by atoms with Crippen molar-refractivity contribution < 1.29 is 19.4 Å². The van der Waals surface area contributed by atoms with E-state index in [1.807, 2.05) is 24.4 Å². The van der Waals surface area contributed by atoms with Crippen molar-refractivity contribution >= 4 is 22.8 Å². The minimum Gasteiger partial charge on any atom is -0.497 e. The number of H-pyrrole nitrogens is 1. The minimum absolute atomic E-state index is 0.0295. The largest absolute Gasteiger partial charge is 0.497 e. The van der Waals surface area contributed by atoms with E-state index >= 15 is 0 Å². The van der Waals surface area contributed by atoms with E-state index in [0.717, 1.165) is 35.6 Å². The molecule has 1 aromatic heterocycles. The summed E-state index contributed by atoms with van der Waals surface area (Å²) in [5, 5.41) is 11.3. The molecule has 0 saturated carbocycles. The highest BCUT2D eigenvalue weighted by atomic mass is 16.5. The summed E-state index contributed by atoms with van der Waals surface area (Å²) < 4.78 is 5.21. The fraction of sp³-hybridized carbons (Fsp3) is 0.333. The van der Waals surface area contributed by atoms with Crippen molar-refractivity contribution in [3.63, 3.8) is 0 Å². The molecular formula is C15H21N3O4. The average Bonchev–Trinajstić information content (AvgIpc) is 2.88. The van der Waals surface area contributed by atoms with Crippen molar-refractivity contribution in [3.05, 3.63) is 30.0 Å². The number of nitrogens with one attached hydrogen (secondary N) is 2. The Morgan fingerprint density at radius 3 is 2.68 bits per heavy atom. The average molecular weight is 307 g/mol. The van der Waals surface area contributed by atoms with Crippen LogP contribution in [0.5, 0.6) is 5.75 Å². The number of ether oxygens (including phenoxy) is 1. The number of carbonyl (C=O) groups is 2. The Hall–Kier alpha value is -2.54. The van der Waals surface area contributed by atoms with E-state index in [4.69, 9.17) is 20.4 Å². The van der Waals surface area contributed by atoms with Gasteiger partial charge in [0.05, 0.1) is 13.7 Å². The predicted octanol–water partition coefficient (Wildman–Crippen LogP) is 0.885. The smallest absolute Gasteiger partial charge is 0.300 e. The number of methoxy groups -OCH3 is 1. The molecule has 7 heteroatoms. The van der Waals surface area contributed by atoms with Gasteiger partial charge in [-0.25, -0.2) is 0 Å². The van der Waals surface area contributed by atoms with Gasteiger partial charge in [-0.05, 0) is 30.2 Å². The molecule has 0 aliphatic heterocycles. The van der Waals surface area contributed by atoms with Gasteiger partial charge in [0.1, 0.15) is 5.75 Å². The van der Waals surface area contributed by atoms with Gasteiger partial charge in [0.25, 0.3) is 5.97 Å². The summed E-state index contributed by atoms with van der Waals surface area (Å²) in [4.78, 5) is 23.2. The monoisotopic (exact) mass is 307 g/mol. The molecule has 0 radical (unpaired) electrons. The second kappa shape index (κ2) is 8.68. The van der Waals surface area contributed by atoms with Crippen molar-refractivity contribution in [2.24, 2.45) is 5.73 Å². The third kappa shape index (κ3) is 5.45. The molecule has 0 spiro atoms. The number of carboxylic acid groups (broad SMARTS) is 1. The molecule has 0 unspecified atom stereocenters. The number of hydrogen-bond donors (Lipinski definition) is 4. The topological polar surface area (TPSA) is 117 Å². The number of carbonyl (C=O) groups excluding carboxylic acids is 1. The number of rotatable bonds is 5. The zero-order valence-electron chi connectivity index (χ0n) is 12.7. The van der Waals surface area contributed by atoms with E-state index in [1.54, 1.807) is 7.11 Å². The summed E-state index contributed by atoms with van der Waals surface area (Å²) in [6.07, 6.45) is 2.72. The molecule has 22 heavy (non-hydrogen) atoms. The van der Waals surface area contributed by atoms with Crippen LogP contribution in [0.3, 0.4) is 0 Å². The normalized spacial score (nSPS) is 9.77. The minimum atomic E-state index is -0.833. The molecule has 2 rings (SSSR count). The molecule has 1 aromatic carbocycles. The van der Waals surface area contributed by atoms with Gasteiger partial charge in [-0.1, -0.05) is 0 Å². The Bertz CT molecular complexity index is 633. The van der Waals surface area contributed by atoms with E-state index in [2.05, 4.69) is 10.3 Å². The molecule has 2 aromatic rings. The number of aliphatic carboxylic acids is 1. The zero-order chi connectivity index (χ0) is 16.5. The summed E-state index contributed by atoms with van der Waals surface area (Å²) in [6, 6.07) is 5.89. The quantitative estimate of drug-likeness (QED) is 0.654. The first kappa shape index (κ1) is 17.5. The molecule has 0 fully saturated rings. The number of aromatic amines is 1. The Morgan fingerprint density at radius 2 is 2.09 bits per heavy atom. The van der Waals surface area contributed by atoms with Gasteiger partial charge in [-0.15, -0.1) is 0 Å². The van der Waals surface area contributed by atoms with E-state index in [1.165, 1.54) is 0 Å². The van der Waals surface area contributed by atoms with Crippen LogP contribution in [0.4, 0.5) is 0 Å². The number of benzene rings is 1. The lowest BCUT2D eigenvalue weighted by Crippen LogP contribution is -2.31. The van der Waals surface area contributed by atoms with E-state index in [-0.39, 0.29) is 12.5 Å². The first-order valence-electron chi connectivity index (χ1n) is 6.78. The highest BCUT2D eigenvalue weighted by Crippen LogP contribution is 2.23. The molecule has 0 atom stereocenters. The van der Waals surface area contributed by atoms with Gasteiger partial charge in [-0.2, -0.15) is 0 Å². The van der Waals surface area contributed by atoms with Gasteiger partial charge < -0.3 is 25.9 Å². The standard InChI is InChI=1S/C13H17N3O2.C2H4O2/c1-18-10-2-3-12-11(6-10)9(8-16-12)4-5-15-13(17)7-14;1-2(3)4/h2-3,6,8,16H,4-5,7,14H2,1H3,(H,15,17);1H3,(H,3,4). The highest BCUT2D eigenvalue weighted by molar-refractivity contribution is 5.84. The Morgan fingerprint density at radius 1 is 1.41 bits per heavy atom. The third-order valence-electron chi connectivity index (χ3n) is 2.88. The Labute approximate surface area is 128 Å². The Balaban J connectivity index is 0.000000541. The summed E-state index contributed by atoms with van der Waals surface area (Å²) in [5.41, 5.74) is 7.44. The lowest BCUT2D eigenvalue weighted by Gasteiger charge is -2.03. The van der Waals surface area contributed by atoms with Crippen LogP contribution in [0.1, 0.15) is 12.5 Å². The van der Waals surface area contributed by atoms with Gasteiger partial charge >= 0.3 is 0 Å². The fourth-order valence-electron chi connectivity index (χ4n) is 1.90. The number of carboxylic acids is 1. The maximum atomic E-state index is 11.0. The summed E-state index contributed by atoms with van der Waals surface area (Å²) in [7, 11) is 1.65. The summed E-state index contributed by atoms with van der Waals surface area (Å²) in [5.74, 6) is -0.137. The Kier molecular flexibility index (Phi) is 6.91. The van der Waals surface area contributed by atoms with Crippen molar-refractivity contribution in [3.8, 4) is 5.75 Å². The van der Waals surface area contributed by atoms with Crippen LogP contribution in [0, 0.1) is 0 Å². The van der Waals surface area contributed by atoms with Gasteiger partial charge in [0.15, 0.2) is 0 Å². The molecule has 7 nitrogen and oxygen atoms in total. The van der Waals surface area contributed by atoms with Crippen molar-refractivity contribution in [1.29, 1.82) is 0 Å². The molecular weight excluding hydrogens is 286 g/mol. The predicted molar refractivity (Wildman–Crippen MR) is 83.9 cm³/mol. The number of aromatic nitrogens is 1. The SMILES string of the molecule is CC(=O)O.COc1ccc2[nH]cc(CCNC(=O)CN)c2c1. The molecule has 1 heterocycles. The third-order valence-corrected chi connectivity index (χ3v) is 2.88. The number of hydrogen-bond acceptors (Lipinski definition) is 4. The second-order valence-corrected chi connectivity index (χ2v) is 4.55. The van der Waals surface area contributed by atoms with Crippen molar-refractivity contribution in [2.45, 2.75) is 13.3 Å². The molecule has 1 amide bonds. The summed E-state index contributed by atoms with van der Waals surface area (Å²) in [6.45, 7) is 1.70. The van der Waals surface area contributed by atoms with Crippen LogP contribution in [-0.2, 0) is 16.0 Å². The molecule has 0 aliphatic rings. The van der Waals surface area contributed by atoms with Crippen LogP contribution in [0.25, 0.3) is 10.9 Å². The maximum absolute atomic E-state index is 11.0. The first-order valence-corrected chi connectivity index (χ1v) is 6.78.